The third-order valence-corrected chi connectivity index (χ3v) is 1.53. The Bertz CT molecular complexity index is 272. The molecule has 0 aromatic carbocycles. The molecule has 9 nitrogen and oxygen atoms in total. The monoisotopic (exact) mass is 236 g/mol. The van der Waals surface area contributed by atoms with Gasteiger partial charge in [0.1, 0.15) is 0 Å². The first-order valence-electron chi connectivity index (χ1n) is 3.92. The SMILES string of the molecule is O=C(O)CC(CC(=O)O)(OOBO)C(=O)O. The zero-order chi connectivity index (χ0) is 12.8. The molecule has 0 rings (SSSR count). The summed E-state index contributed by atoms with van der Waals surface area (Å²) in [6.45, 7) is 0. The Morgan fingerprint density at radius 1 is 1.06 bits per heavy atom. The standard InChI is InChI=1S/C6H9BO9/c8-3(9)1-6(5(12)13,2-4(10)11)15-16-7-14/h7,14H,1-2H2,(H,8,9)(H,10,11)(H,12,13). The van der Waals surface area contributed by atoms with Gasteiger partial charge in [0.2, 0.25) is 5.60 Å². The van der Waals surface area contributed by atoms with Gasteiger partial charge in [-0.2, -0.15) is 0 Å². The van der Waals surface area contributed by atoms with Gasteiger partial charge in [-0.1, -0.05) is 0 Å². The molecule has 0 aromatic rings. The van der Waals surface area contributed by atoms with E-state index in [2.05, 4.69) is 9.69 Å². The molecule has 0 aromatic heterocycles. The third kappa shape index (κ3) is 4.25. The van der Waals surface area contributed by atoms with Crippen LogP contribution in [0, 0.1) is 0 Å². The fraction of sp³-hybridized carbons (Fsp3) is 0.500. The number of hydrogen-bond acceptors (Lipinski definition) is 6. The van der Waals surface area contributed by atoms with Crippen molar-refractivity contribution >= 4 is 25.6 Å². The molecule has 4 N–H and O–H groups in total. The van der Waals surface area contributed by atoms with Gasteiger partial charge < -0.3 is 20.3 Å². The van der Waals surface area contributed by atoms with Crippen LogP contribution in [0.2, 0.25) is 0 Å². The van der Waals surface area contributed by atoms with E-state index in [0.29, 0.717) is 0 Å². The van der Waals surface area contributed by atoms with Crippen LogP contribution in [0.5, 0.6) is 0 Å². The van der Waals surface area contributed by atoms with E-state index in [4.69, 9.17) is 20.3 Å². The van der Waals surface area contributed by atoms with Crippen LogP contribution in [0.15, 0.2) is 0 Å². The van der Waals surface area contributed by atoms with Gasteiger partial charge in [-0.25, -0.2) is 9.68 Å². The molecule has 0 aliphatic rings. The highest BCUT2D eigenvalue weighted by atomic mass is 17.2. The summed E-state index contributed by atoms with van der Waals surface area (Å²) in [4.78, 5) is 39.7. The molecule has 10 heteroatoms. The second-order valence-corrected chi connectivity index (χ2v) is 2.77. The van der Waals surface area contributed by atoms with Gasteiger partial charge in [0.15, 0.2) is 0 Å². The van der Waals surface area contributed by atoms with E-state index in [1.807, 2.05) is 0 Å². The van der Waals surface area contributed by atoms with Crippen LogP contribution >= 0.6 is 0 Å². The maximum absolute atomic E-state index is 10.8. The molecule has 0 bridgehead atoms. The number of rotatable bonds is 8. The summed E-state index contributed by atoms with van der Waals surface area (Å²) in [5, 5.41) is 33.9. The lowest BCUT2D eigenvalue weighted by molar-refractivity contribution is -0.298. The molecular weight excluding hydrogens is 227 g/mol. The molecule has 0 radical (unpaired) electrons. The van der Waals surface area contributed by atoms with Crippen LogP contribution in [-0.2, 0) is 24.1 Å². The fourth-order valence-corrected chi connectivity index (χ4v) is 0.936. The average Bonchev–Trinajstić information content (AvgIpc) is 2.11. The van der Waals surface area contributed by atoms with Gasteiger partial charge >= 0.3 is 25.6 Å². The molecule has 0 atom stereocenters. The lowest BCUT2D eigenvalue weighted by atomic mass is 9.96. The van der Waals surface area contributed by atoms with E-state index in [1.54, 1.807) is 0 Å². The lowest BCUT2D eigenvalue weighted by Crippen LogP contribution is -2.45. The molecule has 0 aliphatic heterocycles. The van der Waals surface area contributed by atoms with Crippen molar-refractivity contribution in [1.82, 2.24) is 0 Å². The van der Waals surface area contributed by atoms with Gasteiger partial charge in [0.25, 0.3) is 0 Å². The Hall–Kier alpha value is -1.65. The predicted molar refractivity (Wildman–Crippen MR) is 46.4 cm³/mol. The lowest BCUT2D eigenvalue weighted by Gasteiger charge is -2.24. The molecule has 0 amide bonds. The minimum Gasteiger partial charge on any atom is -0.481 e. The summed E-state index contributed by atoms with van der Waals surface area (Å²) in [6.07, 6.45) is -2.23. The Morgan fingerprint density at radius 3 is 1.75 bits per heavy atom. The van der Waals surface area contributed by atoms with Crippen molar-refractivity contribution in [2.75, 3.05) is 0 Å². The van der Waals surface area contributed by atoms with E-state index >= 15 is 0 Å². The van der Waals surface area contributed by atoms with E-state index in [0.717, 1.165) is 0 Å². The summed E-state index contributed by atoms with van der Waals surface area (Å²) >= 11 is 0. The molecule has 0 spiro atoms. The Kier molecular flexibility index (Phi) is 5.43. The largest absolute Gasteiger partial charge is 0.481 e. The van der Waals surface area contributed by atoms with Crippen molar-refractivity contribution in [3.63, 3.8) is 0 Å². The van der Waals surface area contributed by atoms with Gasteiger partial charge in [0.05, 0.1) is 12.8 Å². The van der Waals surface area contributed by atoms with Crippen LogP contribution in [0.25, 0.3) is 0 Å². The normalized spacial score (nSPS) is 10.8. The molecule has 16 heavy (non-hydrogen) atoms. The van der Waals surface area contributed by atoms with Crippen LogP contribution in [0.3, 0.4) is 0 Å². The van der Waals surface area contributed by atoms with Crippen molar-refractivity contribution in [2.24, 2.45) is 0 Å². The minimum atomic E-state index is -2.57. The topological polar surface area (TPSA) is 151 Å². The molecule has 0 saturated heterocycles. The number of aliphatic carboxylic acids is 3. The number of carboxylic acids is 3. The van der Waals surface area contributed by atoms with Gasteiger partial charge in [-0.05, 0) is 0 Å². The van der Waals surface area contributed by atoms with E-state index in [-0.39, 0.29) is 0 Å². The summed E-state index contributed by atoms with van der Waals surface area (Å²) in [5.74, 6) is -4.97. The first-order chi connectivity index (χ1) is 7.34. The maximum atomic E-state index is 10.8. The summed E-state index contributed by atoms with van der Waals surface area (Å²) < 4.78 is 0. The smallest absolute Gasteiger partial charge is 0.470 e. The van der Waals surface area contributed by atoms with Gasteiger partial charge in [-0.3, -0.25) is 14.4 Å². The Balaban J connectivity index is 4.95. The quantitative estimate of drug-likeness (QED) is 0.212. The molecule has 0 saturated carbocycles. The van der Waals surface area contributed by atoms with Crippen molar-refractivity contribution in [3.05, 3.63) is 0 Å². The van der Waals surface area contributed by atoms with Gasteiger partial charge in [-0.15, -0.1) is 0 Å². The summed E-state index contributed by atoms with van der Waals surface area (Å²) in [7, 11) is -1.03. The van der Waals surface area contributed by atoms with Crippen LogP contribution in [0.1, 0.15) is 12.8 Å². The number of carboxylic acid groups (broad SMARTS) is 3. The second kappa shape index (κ2) is 6.05. The van der Waals surface area contributed by atoms with E-state index in [9.17, 15) is 14.4 Å². The second-order valence-electron chi connectivity index (χ2n) is 2.77. The number of carbonyl (C=O) groups is 3. The molecule has 90 valence electrons. The van der Waals surface area contributed by atoms with Crippen LogP contribution in [-0.4, -0.2) is 51.5 Å². The summed E-state index contributed by atoms with van der Waals surface area (Å²) in [6, 6.07) is 0. The average molecular weight is 236 g/mol. The van der Waals surface area contributed by atoms with Crippen LogP contribution in [0.4, 0.5) is 0 Å². The van der Waals surface area contributed by atoms with E-state index in [1.165, 1.54) is 0 Å². The fourth-order valence-electron chi connectivity index (χ4n) is 0.936. The van der Waals surface area contributed by atoms with Crippen molar-refractivity contribution in [3.8, 4) is 0 Å². The van der Waals surface area contributed by atoms with Crippen molar-refractivity contribution < 1.29 is 44.4 Å². The highest BCUT2D eigenvalue weighted by Gasteiger charge is 2.46. The molecular formula is C6H9BO9. The first kappa shape index (κ1) is 14.4. The van der Waals surface area contributed by atoms with Crippen molar-refractivity contribution in [2.45, 2.75) is 18.4 Å². The zero-order valence-corrected chi connectivity index (χ0v) is 7.95. The Labute approximate surface area is 89.4 Å². The molecule has 0 fully saturated rings. The summed E-state index contributed by atoms with van der Waals surface area (Å²) in [5.41, 5.74) is -2.57. The maximum Gasteiger partial charge on any atom is 0.470 e. The van der Waals surface area contributed by atoms with Gasteiger partial charge in [0, 0.05) is 0 Å². The third-order valence-electron chi connectivity index (χ3n) is 1.53. The molecule has 0 unspecified atom stereocenters. The number of hydrogen-bond donors (Lipinski definition) is 4. The van der Waals surface area contributed by atoms with Crippen molar-refractivity contribution in [1.29, 1.82) is 0 Å². The van der Waals surface area contributed by atoms with Crippen LogP contribution < -0.4 is 0 Å². The highest BCUT2D eigenvalue weighted by Crippen LogP contribution is 2.22. The minimum absolute atomic E-state index is 1.03. The zero-order valence-electron chi connectivity index (χ0n) is 7.95. The predicted octanol–water partition coefficient (Wildman–Crippen LogP) is -2.03. The van der Waals surface area contributed by atoms with E-state index < -0.39 is 44.0 Å². The molecule has 0 heterocycles. The Morgan fingerprint density at radius 2 is 1.50 bits per heavy atom. The highest BCUT2D eigenvalue weighted by molar-refractivity contribution is 6.15. The molecule has 0 aliphatic carbocycles. The first-order valence-corrected chi connectivity index (χ1v) is 3.92.